The minimum atomic E-state index is -1.62. The van der Waals surface area contributed by atoms with E-state index in [0.29, 0.717) is 11.2 Å². The number of H-pyrrole nitrogens is 1. The quantitative estimate of drug-likeness (QED) is 0.158. The van der Waals surface area contributed by atoms with Crippen molar-refractivity contribution in [2.45, 2.75) is 37.0 Å². The number of ether oxygens (including phenoxy) is 1. The fourth-order valence-corrected chi connectivity index (χ4v) is 3.25. The first-order chi connectivity index (χ1) is 12.3. The van der Waals surface area contributed by atoms with Crippen molar-refractivity contribution in [3.63, 3.8) is 0 Å². The van der Waals surface area contributed by atoms with Gasteiger partial charge in [0.05, 0.1) is 12.4 Å². The Morgan fingerprint density at radius 1 is 1.62 bits per heavy atom. The minimum absolute atomic E-state index is 0.0448. The average molecular weight is 399 g/mol. The summed E-state index contributed by atoms with van der Waals surface area (Å²) in [5, 5.41) is 29.4. The molecule has 5 atom stereocenters. The molecule has 0 saturated carbocycles. The number of halogens is 1. The number of nitrogens with zero attached hydrogens (tertiary/aromatic N) is 5. The van der Waals surface area contributed by atoms with E-state index < -0.39 is 30.1 Å². The van der Waals surface area contributed by atoms with Gasteiger partial charge in [-0.1, -0.05) is 28.5 Å². The second-order valence-corrected chi connectivity index (χ2v) is 6.30. The Morgan fingerprint density at radius 3 is 2.96 bits per heavy atom. The van der Waals surface area contributed by atoms with Crippen molar-refractivity contribution in [1.82, 2.24) is 19.5 Å². The molecule has 2 aromatic rings. The Morgan fingerprint density at radius 2 is 2.35 bits per heavy atom. The fourth-order valence-electron chi connectivity index (χ4n) is 2.85. The van der Waals surface area contributed by atoms with Crippen LogP contribution in [0.2, 0.25) is 0 Å². The number of nitrogens with two attached hydrogens (primary N) is 2. The Balaban J connectivity index is 2.20. The molecule has 1 aliphatic rings. The lowest BCUT2D eigenvalue weighted by Crippen LogP contribution is -2.54. The number of hydrogen-bond acceptors (Lipinski definition) is 9. The topological polar surface area (TPSA) is 173 Å². The maximum atomic E-state index is 10.5. The van der Waals surface area contributed by atoms with Gasteiger partial charge in [-0.2, -0.15) is 4.98 Å². The van der Waals surface area contributed by atoms with Crippen molar-refractivity contribution in [2.24, 2.45) is 21.9 Å². The largest absolute Gasteiger partial charge is 0.391 e. The summed E-state index contributed by atoms with van der Waals surface area (Å²) in [4.78, 5) is 11.0. The zero-order valence-corrected chi connectivity index (χ0v) is 14.9. The first-order valence-electron chi connectivity index (χ1n) is 7.34. The molecule has 13 heteroatoms. The normalized spacial score (nSPS) is 29.8. The standard InChI is InChI=1S/C13H15ClN8O3S/c1-5(23)7-8(24)13(15,2-3-14)11(25-7)22-4-17-6-9(22)18-12(20-21-16)19-10(6)26/h4-5,7-8,11,23-24H,15H2,1H3,(H3,16,18,19,20,26)/t5-,7-,8+,11-,13-/m1/s1. The molecule has 0 aliphatic carbocycles. The molecule has 1 saturated heterocycles. The van der Waals surface area contributed by atoms with Crippen LogP contribution in [0.1, 0.15) is 13.2 Å². The fraction of sp³-hybridized carbons (Fsp3) is 0.462. The Labute approximate surface area is 157 Å². The van der Waals surface area contributed by atoms with Crippen LogP contribution in [0.3, 0.4) is 0 Å². The van der Waals surface area contributed by atoms with Gasteiger partial charge in [0, 0.05) is 5.38 Å². The van der Waals surface area contributed by atoms with Crippen molar-refractivity contribution in [3.8, 4) is 11.3 Å². The number of fused-ring (bicyclic) bond motifs is 1. The zero-order valence-electron chi connectivity index (χ0n) is 13.4. The number of aromatic amines is 1. The maximum absolute atomic E-state index is 10.5. The summed E-state index contributed by atoms with van der Waals surface area (Å²) >= 11 is 10.7. The second kappa shape index (κ2) is 6.88. The van der Waals surface area contributed by atoms with E-state index >= 15 is 0 Å². The van der Waals surface area contributed by atoms with Crippen molar-refractivity contribution in [1.29, 1.82) is 0 Å². The van der Waals surface area contributed by atoms with Gasteiger partial charge in [-0.25, -0.2) is 4.98 Å². The number of rotatable bonds is 3. The van der Waals surface area contributed by atoms with Gasteiger partial charge in [0.2, 0.25) is 0 Å². The SMILES string of the molecule is C[C@@H](O)[C@H]1O[C@@H](n2cnc3c(=S)nc(N=NN)[nH]c32)[C@@](N)(C#CCl)[C@H]1O. The number of aliphatic hydroxyl groups excluding tert-OH is 2. The van der Waals surface area contributed by atoms with Crippen LogP contribution >= 0.6 is 23.8 Å². The molecule has 3 rings (SSSR count). The summed E-state index contributed by atoms with van der Waals surface area (Å²) in [7, 11) is 0. The molecule has 0 amide bonds. The van der Waals surface area contributed by atoms with E-state index in [-0.39, 0.29) is 10.6 Å². The molecule has 0 spiro atoms. The molecular formula is C13H15ClN8O3S. The predicted octanol–water partition coefficient (Wildman–Crippen LogP) is -0.0174. The molecule has 0 radical (unpaired) electrons. The van der Waals surface area contributed by atoms with Crippen molar-refractivity contribution < 1.29 is 14.9 Å². The lowest BCUT2D eigenvalue weighted by molar-refractivity contribution is -0.0756. The predicted molar refractivity (Wildman–Crippen MR) is 93.6 cm³/mol. The molecule has 1 aliphatic heterocycles. The molecule has 0 bridgehead atoms. The number of hydrogen-bond donors (Lipinski definition) is 5. The first-order valence-corrected chi connectivity index (χ1v) is 8.13. The average Bonchev–Trinajstić information content (AvgIpc) is 3.09. The number of imidazole rings is 1. The van der Waals surface area contributed by atoms with Gasteiger partial charge in [-0.3, -0.25) is 4.57 Å². The molecule has 0 aromatic carbocycles. The minimum Gasteiger partial charge on any atom is -0.391 e. The van der Waals surface area contributed by atoms with Gasteiger partial charge in [-0.15, -0.1) is 0 Å². The van der Waals surface area contributed by atoms with Gasteiger partial charge in [0.1, 0.15) is 23.4 Å². The highest BCUT2D eigenvalue weighted by Gasteiger charge is 2.56. The molecule has 1 fully saturated rings. The molecule has 0 unspecified atom stereocenters. The summed E-state index contributed by atoms with van der Waals surface area (Å²) in [5.74, 6) is 7.64. The van der Waals surface area contributed by atoms with Crippen LogP contribution < -0.4 is 11.6 Å². The van der Waals surface area contributed by atoms with E-state index in [1.165, 1.54) is 17.8 Å². The molecule has 3 heterocycles. The third-order valence-electron chi connectivity index (χ3n) is 4.07. The van der Waals surface area contributed by atoms with Crippen LogP contribution in [0.5, 0.6) is 0 Å². The summed E-state index contributed by atoms with van der Waals surface area (Å²) in [6.07, 6.45) is -2.96. The van der Waals surface area contributed by atoms with Crippen molar-refractivity contribution in [3.05, 3.63) is 11.0 Å². The number of aliphatic hydroxyl groups is 2. The van der Waals surface area contributed by atoms with Crippen LogP contribution in [-0.2, 0) is 4.74 Å². The second-order valence-electron chi connectivity index (χ2n) is 5.72. The van der Waals surface area contributed by atoms with Crippen LogP contribution in [0.15, 0.2) is 16.7 Å². The van der Waals surface area contributed by atoms with Gasteiger partial charge in [0.15, 0.2) is 16.4 Å². The van der Waals surface area contributed by atoms with Crippen LogP contribution in [0.4, 0.5) is 5.95 Å². The van der Waals surface area contributed by atoms with Crippen molar-refractivity contribution >= 4 is 40.9 Å². The van der Waals surface area contributed by atoms with E-state index in [4.69, 9.17) is 40.1 Å². The van der Waals surface area contributed by atoms with E-state index in [1.54, 1.807) is 0 Å². The van der Waals surface area contributed by atoms with Gasteiger partial charge in [-0.05, 0) is 18.5 Å². The molecule has 2 aromatic heterocycles. The van der Waals surface area contributed by atoms with Gasteiger partial charge in [0.25, 0.3) is 5.95 Å². The summed E-state index contributed by atoms with van der Waals surface area (Å²) < 4.78 is 7.40. The third-order valence-corrected chi connectivity index (χ3v) is 4.45. The van der Waals surface area contributed by atoms with Gasteiger partial charge >= 0.3 is 0 Å². The Hall–Kier alpha value is -2.14. The Bertz CT molecular complexity index is 979. The van der Waals surface area contributed by atoms with E-state index in [1.807, 2.05) is 0 Å². The lowest BCUT2D eigenvalue weighted by atomic mass is 9.90. The molecule has 7 N–H and O–H groups in total. The number of nitrogens with one attached hydrogen (secondary N) is 1. The van der Waals surface area contributed by atoms with E-state index in [2.05, 4.69) is 36.6 Å². The van der Waals surface area contributed by atoms with E-state index in [0.717, 1.165) is 0 Å². The highest BCUT2D eigenvalue weighted by atomic mass is 35.5. The molecule has 138 valence electrons. The van der Waals surface area contributed by atoms with Gasteiger partial charge < -0.3 is 31.5 Å². The molecule has 26 heavy (non-hydrogen) atoms. The summed E-state index contributed by atoms with van der Waals surface area (Å²) in [5.41, 5.74) is 5.36. The zero-order chi connectivity index (χ0) is 19.1. The monoisotopic (exact) mass is 398 g/mol. The van der Waals surface area contributed by atoms with E-state index in [9.17, 15) is 10.2 Å². The highest BCUT2D eigenvalue weighted by Crippen LogP contribution is 2.39. The first kappa shape index (κ1) is 18.6. The Kier molecular flexibility index (Phi) is 4.93. The number of aromatic nitrogens is 4. The van der Waals surface area contributed by atoms with Crippen LogP contribution in [0, 0.1) is 15.9 Å². The molecular weight excluding hydrogens is 384 g/mol. The highest BCUT2D eigenvalue weighted by molar-refractivity contribution is 7.71. The molecule has 11 nitrogen and oxygen atoms in total. The summed E-state index contributed by atoms with van der Waals surface area (Å²) in [6, 6.07) is 0. The van der Waals surface area contributed by atoms with Crippen LogP contribution in [0.25, 0.3) is 11.2 Å². The summed E-state index contributed by atoms with van der Waals surface area (Å²) in [6.45, 7) is 1.47. The third kappa shape index (κ3) is 2.84. The smallest absolute Gasteiger partial charge is 0.251 e. The lowest BCUT2D eigenvalue weighted by Gasteiger charge is -2.27. The van der Waals surface area contributed by atoms with Crippen molar-refractivity contribution in [2.75, 3.05) is 0 Å². The maximum Gasteiger partial charge on any atom is 0.251 e. The van der Waals surface area contributed by atoms with Crippen LogP contribution in [-0.4, -0.2) is 53.6 Å².